The van der Waals surface area contributed by atoms with E-state index in [0.717, 1.165) is 38.5 Å². The first-order valence-electron chi connectivity index (χ1n) is 7.82. The van der Waals surface area contributed by atoms with Crippen LogP contribution in [-0.4, -0.2) is 43.3 Å². The van der Waals surface area contributed by atoms with Gasteiger partial charge in [0, 0.05) is 13.3 Å². The molecule has 3 rings (SSSR count). The summed E-state index contributed by atoms with van der Waals surface area (Å²) in [6.07, 6.45) is 8.02. The molecule has 3 aliphatic heterocycles. The number of esters is 1. The first kappa shape index (κ1) is 14.3. The molecule has 0 saturated carbocycles. The summed E-state index contributed by atoms with van der Waals surface area (Å²) in [6, 6.07) is 0. The Labute approximate surface area is 119 Å². The molecule has 5 atom stereocenters. The maximum atomic E-state index is 10.7. The van der Waals surface area contributed by atoms with E-state index in [0.29, 0.717) is 12.7 Å². The molecule has 5 unspecified atom stereocenters. The fraction of sp³-hybridized carbons (Fsp3) is 0.933. The van der Waals surface area contributed by atoms with Gasteiger partial charge in [0.05, 0.1) is 24.9 Å². The van der Waals surface area contributed by atoms with Crippen molar-refractivity contribution in [3.05, 3.63) is 0 Å². The summed E-state index contributed by atoms with van der Waals surface area (Å²) in [5.74, 6) is -0.214. The second kappa shape index (κ2) is 6.41. The van der Waals surface area contributed by atoms with Gasteiger partial charge in [-0.1, -0.05) is 0 Å². The zero-order chi connectivity index (χ0) is 13.9. The van der Waals surface area contributed by atoms with E-state index in [4.69, 9.17) is 18.9 Å². The number of carbonyl (C=O) groups is 1. The van der Waals surface area contributed by atoms with Crippen molar-refractivity contribution in [1.29, 1.82) is 0 Å². The molecular weight excluding hydrogens is 260 g/mol. The summed E-state index contributed by atoms with van der Waals surface area (Å²) < 4.78 is 23.0. The highest BCUT2D eigenvalue weighted by Gasteiger charge is 2.47. The second-order valence-electron chi connectivity index (χ2n) is 6.00. The van der Waals surface area contributed by atoms with Crippen molar-refractivity contribution >= 4 is 5.97 Å². The highest BCUT2D eigenvalue weighted by Crippen LogP contribution is 2.39. The normalized spacial score (nSPS) is 39.4. The van der Waals surface area contributed by atoms with Crippen LogP contribution in [-0.2, 0) is 23.7 Å². The van der Waals surface area contributed by atoms with Crippen molar-refractivity contribution in [3.63, 3.8) is 0 Å². The minimum atomic E-state index is -0.214. The highest BCUT2D eigenvalue weighted by atomic mass is 16.7. The Hall–Kier alpha value is -0.650. The van der Waals surface area contributed by atoms with Gasteiger partial charge in [-0.25, -0.2) is 0 Å². The Kier molecular flexibility index (Phi) is 4.58. The van der Waals surface area contributed by atoms with E-state index in [1.54, 1.807) is 0 Å². The topological polar surface area (TPSA) is 54.0 Å². The van der Waals surface area contributed by atoms with Crippen LogP contribution in [0.25, 0.3) is 0 Å². The Morgan fingerprint density at radius 3 is 2.90 bits per heavy atom. The number of hydrogen-bond donors (Lipinski definition) is 0. The lowest BCUT2D eigenvalue weighted by Gasteiger charge is -2.40. The largest absolute Gasteiger partial charge is 0.466 e. The first-order valence-corrected chi connectivity index (χ1v) is 7.82. The smallest absolute Gasteiger partial charge is 0.302 e. The monoisotopic (exact) mass is 284 g/mol. The van der Waals surface area contributed by atoms with Crippen LogP contribution in [0, 0.1) is 0 Å². The van der Waals surface area contributed by atoms with E-state index in [-0.39, 0.29) is 30.6 Å². The fourth-order valence-electron chi connectivity index (χ4n) is 3.45. The lowest BCUT2D eigenvalue weighted by molar-refractivity contribution is -0.155. The predicted octanol–water partition coefficient (Wildman–Crippen LogP) is 2.17. The van der Waals surface area contributed by atoms with Gasteiger partial charge in [0.1, 0.15) is 6.10 Å². The van der Waals surface area contributed by atoms with Crippen LogP contribution >= 0.6 is 0 Å². The quantitative estimate of drug-likeness (QED) is 0.572. The van der Waals surface area contributed by atoms with Gasteiger partial charge >= 0.3 is 5.97 Å². The van der Waals surface area contributed by atoms with Gasteiger partial charge < -0.3 is 18.9 Å². The van der Waals surface area contributed by atoms with Gasteiger partial charge in [-0.3, -0.25) is 4.79 Å². The molecule has 2 bridgehead atoms. The van der Waals surface area contributed by atoms with Crippen molar-refractivity contribution in [3.8, 4) is 0 Å². The maximum absolute atomic E-state index is 10.7. The zero-order valence-electron chi connectivity index (χ0n) is 12.1. The molecule has 20 heavy (non-hydrogen) atoms. The van der Waals surface area contributed by atoms with E-state index in [1.807, 2.05) is 0 Å². The first-order chi connectivity index (χ1) is 9.72. The van der Waals surface area contributed by atoms with E-state index in [1.165, 1.54) is 13.3 Å². The molecule has 0 spiro atoms. The SMILES string of the molecule is CC(=O)OCCCCC1OC2CC3CCCC(O3)C2O1. The summed E-state index contributed by atoms with van der Waals surface area (Å²) in [6.45, 7) is 1.93. The lowest BCUT2D eigenvalue weighted by Crippen LogP contribution is -2.48. The molecule has 0 radical (unpaired) electrons. The third-order valence-corrected chi connectivity index (χ3v) is 4.39. The van der Waals surface area contributed by atoms with Gasteiger partial charge in [0.15, 0.2) is 6.29 Å². The standard InChI is InChI=1S/C15H24O5/c1-10(16)17-8-3-2-7-14-19-13-9-11-5-4-6-12(18-11)15(13)20-14/h11-15H,2-9H2,1H3. The molecular formula is C15H24O5. The fourth-order valence-corrected chi connectivity index (χ4v) is 3.45. The summed E-state index contributed by atoms with van der Waals surface area (Å²) in [4.78, 5) is 10.7. The number of carbonyl (C=O) groups excluding carboxylic acids is 1. The molecule has 0 aromatic heterocycles. The summed E-state index contributed by atoms with van der Waals surface area (Å²) >= 11 is 0. The van der Waals surface area contributed by atoms with Crippen molar-refractivity contribution in [2.45, 2.75) is 82.6 Å². The molecule has 0 aromatic rings. The van der Waals surface area contributed by atoms with Crippen molar-refractivity contribution in [2.75, 3.05) is 6.61 Å². The maximum Gasteiger partial charge on any atom is 0.302 e. The number of rotatable bonds is 5. The molecule has 5 nitrogen and oxygen atoms in total. The molecule has 0 aromatic carbocycles. The third-order valence-electron chi connectivity index (χ3n) is 4.39. The van der Waals surface area contributed by atoms with E-state index in [2.05, 4.69) is 0 Å². The van der Waals surface area contributed by atoms with Crippen molar-refractivity contribution < 1.29 is 23.7 Å². The van der Waals surface area contributed by atoms with Crippen LogP contribution in [0.15, 0.2) is 0 Å². The second-order valence-corrected chi connectivity index (χ2v) is 6.00. The van der Waals surface area contributed by atoms with Crippen LogP contribution in [0.1, 0.15) is 51.9 Å². The molecule has 0 aliphatic carbocycles. The molecule has 0 N–H and O–H groups in total. The van der Waals surface area contributed by atoms with Crippen LogP contribution in [0.3, 0.4) is 0 Å². The lowest BCUT2D eigenvalue weighted by atomic mass is 9.88. The molecule has 0 amide bonds. The Bertz CT molecular complexity index is 345. The van der Waals surface area contributed by atoms with Gasteiger partial charge in [-0.05, 0) is 38.5 Å². The number of ether oxygens (including phenoxy) is 4. The minimum Gasteiger partial charge on any atom is -0.466 e. The van der Waals surface area contributed by atoms with E-state index < -0.39 is 0 Å². The summed E-state index contributed by atoms with van der Waals surface area (Å²) in [7, 11) is 0. The van der Waals surface area contributed by atoms with Gasteiger partial charge in [-0.15, -0.1) is 0 Å². The minimum absolute atomic E-state index is 0.106. The summed E-state index contributed by atoms with van der Waals surface area (Å²) in [5.41, 5.74) is 0. The van der Waals surface area contributed by atoms with Crippen LogP contribution in [0.2, 0.25) is 0 Å². The van der Waals surface area contributed by atoms with Crippen molar-refractivity contribution in [1.82, 2.24) is 0 Å². The summed E-state index contributed by atoms with van der Waals surface area (Å²) in [5, 5.41) is 0. The number of unbranched alkanes of at least 4 members (excludes halogenated alkanes) is 1. The third kappa shape index (κ3) is 3.32. The Balaban J connectivity index is 1.39. The highest BCUT2D eigenvalue weighted by molar-refractivity contribution is 5.65. The average Bonchev–Trinajstić information content (AvgIpc) is 2.81. The molecule has 3 saturated heterocycles. The zero-order valence-corrected chi connectivity index (χ0v) is 12.1. The molecule has 114 valence electrons. The van der Waals surface area contributed by atoms with Gasteiger partial charge in [-0.2, -0.15) is 0 Å². The molecule has 3 heterocycles. The Morgan fingerprint density at radius 2 is 2.05 bits per heavy atom. The van der Waals surface area contributed by atoms with Crippen LogP contribution < -0.4 is 0 Å². The molecule has 5 heteroatoms. The van der Waals surface area contributed by atoms with Gasteiger partial charge in [0.25, 0.3) is 0 Å². The Morgan fingerprint density at radius 1 is 1.15 bits per heavy atom. The molecule has 3 aliphatic rings. The van der Waals surface area contributed by atoms with Crippen LogP contribution in [0.4, 0.5) is 0 Å². The predicted molar refractivity (Wildman–Crippen MR) is 71.1 cm³/mol. The average molecular weight is 284 g/mol. The number of hydrogen-bond acceptors (Lipinski definition) is 5. The van der Waals surface area contributed by atoms with E-state index in [9.17, 15) is 4.79 Å². The van der Waals surface area contributed by atoms with Crippen molar-refractivity contribution in [2.24, 2.45) is 0 Å². The van der Waals surface area contributed by atoms with Crippen LogP contribution in [0.5, 0.6) is 0 Å². The number of fused-ring (bicyclic) bond motifs is 4. The van der Waals surface area contributed by atoms with Gasteiger partial charge in [0.2, 0.25) is 0 Å². The molecule has 3 fully saturated rings. The van der Waals surface area contributed by atoms with E-state index >= 15 is 0 Å².